The second kappa shape index (κ2) is 36.9. The number of hydrogen-bond donors (Lipinski definition) is 3. The van der Waals surface area contributed by atoms with E-state index in [2.05, 4.69) is 69.5 Å². The number of alkyl halides is 4. The third-order valence-corrected chi connectivity index (χ3v) is 21.7. The summed E-state index contributed by atoms with van der Waals surface area (Å²) in [6.07, 6.45) is -9.93. The minimum Gasteiger partial charge on any atom is -0.497 e. The lowest BCUT2D eigenvalue weighted by Crippen LogP contribution is -2.44. The van der Waals surface area contributed by atoms with Crippen LogP contribution in [0.5, 0.6) is 11.5 Å². The zero-order chi connectivity index (χ0) is 83.0. The Balaban J connectivity index is 0.000000209. The molecule has 8 aromatic heterocycles. The van der Waals surface area contributed by atoms with Crippen LogP contribution in [-0.4, -0.2) is 248 Å². The molecule has 15 rings (SSSR count). The number of imidazole rings is 4. The highest BCUT2D eigenvalue weighted by Gasteiger charge is 2.58. The van der Waals surface area contributed by atoms with Crippen LogP contribution in [0.4, 0.5) is 17.6 Å². The van der Waals surface area contributed by atoms with Gasteiger partial charge in [0.1, 0.15) is 108 Å². The predicted molar refractivity (Wildman–Crippen MR) is 420 cm³/mol. The molecule has 35 nitrogen and oxygen atoms in total. The Morgan fingerprint density at radius 3 is 1.22 bits per heavy atom. The normalized spacial score (nSPS) is 25.5. The van der Waals surface area contributed by atoms with Crippen molar-refractivity contribution in [3.05, 3.63) is 192 Å². The molecule has 0 amide bonds. The predicted octanol–water partition coefficient (Wildman–Crippen LogP) is 7.52. The number of methoxy groups -OCH3 is 2. The zero-order valence-corrected chi connectivity index (χ0v) is 64.8. The molecule has 0 spiro atoms. The van der Waals surface area contributed by atoms with Crippen LogP contribution in [-0.2, 0) is 61.2 Å². The van der Waals surface area contributed by atoms with Crippen molar-refractivity contribution in [3.8, 4) is 11.5 Å². The molecule has 4 aliphatic heterocycles. The maximum absolute atomic E-state index is 18.1. The summed E-state index contributed by atoms with van der Waals surface area (Å²) < 4.78 is 154. The van der Waals surface area contributed by atoms with Gasteiger partial charge in [-0.25, -0.2) is 118 Å². The van der Waals surface area contributed by atoms with Crippen LogP contribution in [0.2, 0.25) is 0 Å². The van der Waals surface area contributed by atoms with Crippen molar-refractivity contribution in [2.45, 2.75) is 152 Å². The summed E-state index contributed by atoms with van der Waals surface area (Å²) in [7, 11) is -5.53. The van der Waals surface area contributed by atoms with Gasteiger partial charge < -0.3 is 58.2 Å². The number of aromatic nitrogens is 16. The van der Waals surface area contributed by atoms with E-state index in [0.717, 1.165) is 6.92 Å². The number of aliphatic hydroxyl groups is 2. The second-order valence-electron chi connectivity index (χ2n) is 26.5. The number of carbonyl (C=O) groups is 1. The van der Waals surface area contributed by atoms with Crippen LogP contribution in [0.25, 0.3) is 54.3 Å². The number of carboxylic acids is 1. The summed E-state index contributed by atoms with van der Waals surface area (Å²) in [5.74, 6) is 0.398. The Hall–Kier alpha value is -9.90. The number of benzene rings is 3. The van der Waals surface area contributed by atoms with Gasteiger partial charge in [-0.05, 0) is 75.1 Å². The monoisotopic (exact) mass is 1660 g/mol. The Morgan fingerprint density at radius 2 is 0.846 bits per heavy atom. The van der Waals surface area contributed by atoms with E-state index in [-0.39, 0.29) is 39.5 Å². The molecule has 0 radical (unpaired) electrons. The molecule has 18 atom stereocenters. The molecule has 12 heterocycles. The topological polar surface area (TPSA) is 381 Å². The molecule has 117 heavy (non-hydrogen) atoms. The van der Waals surface area contributed by atoms with Gasteiger partial charge in [0.2, 0.25) is 43.9 Å². The van der Waals surface area contributed by atoms with Gasteiger partial charge in [0.05, 0.1) is 75.0 Å². The minimum absolute atomic E-state index is 0.000848. The van der Waals surface area contributed by atoms with E-state index in [9.17, 15) is 10.2 Å². The SMILES string of the molecule is CC(=O)O.[BH3-][P+](OCC[N+]#[C-])(OC[C@H]1O[C@@H](n2cnc3c(C)ncnc32)[C@@H](F)C1O)OC1[C@@H](CO)O[C@@H](n2cnc3c(C)ncnc32)[C@H]1F.[BH3-][P+](OCC[N+]#[C-])(OC[C@H]1O[C@@H](n2cnc3c(C)ncnc32)[C@@H](F)C1OC(c1ccccc1)(c1ccc(OC)cc1)c1ccc(OC)cc1)OC1[C@@H](CC)O[C@@H](n2cnc3c(C)ncnc32)[C@H]1F. The minimum atomic E-state index is -3.35. The maximum Gasteiger partial charge on any atom is 0.300 e. The number of aryl methyl sites for hydroxylation is 4. The zero-order valence-electron chi connectivity index (χ0n) is 63.0. The number of fused-ring (bicyclic) bond motifs is 4. The highest BCUT2D eigenvalue weighted by Crippen LogP contribution is 2.63. The first-order chi connectivity index (χ1) is 56.4. The van der Waals surface area contributed by atoms with E-state index < -0.39 is 147 Å². The second-order valence-corrected chi connectivity index (χ2v) is 28.8. The molecule has 0 aliphatic carbocycles. The fourth-order valence-corrected chi connectivity index (χ4v) is 16.0. The number of halogens is 4. The molecule has 0 saturated carbocycles. The van der Waals surface area contributed by atoms with Crippen molar-refractivity contribution in [2.24, 2.45) is 0 Å². The number of aliphatic hydroxyl groups excluding tert-OH is 2. The van der Waals surface area contributed by atoms with Crippen LogP contribution < -0.4 is 9.47 Å². The Labute approximate surface area is 670 Å². The van der Waals surface area contributed by atoms with Crippen molar-refractivity contribution in [1.29, 1.82) is 0 Å². The summed E-state index contributed by atoms with van der Waals surface area (Å²) in [6.45, 7) is 23.4. The first-order valence-corrected chi connectivity index (χ1v) is 38.3. The molecule has 6 unspecified atom stereocenters. The molecule has 4 aliphatic rings. The van der Waals surface area contributed by atoms with Crippen LogP contribution in [0.1, 0.15) is 84.6 Å². The lowest BCUT2D eigenvalue weighted by Gasteiger charge is -2.39. The van der Waals surface area contributed by atoms with Crippen LogP contribution in [0, 0.1) is 40.8 Å². The van der Waals surface area contributed by atoms with Gasteiger partial charge in [-0.3, -0.25) is 23.1 Å². The average Bonchev–Trinajstić information content (AvgIpc) is 1.57. The Kier molecular flexibility index (Phi) is 26.8. The van der Waals surface area contributed by atoms with Gasteiger partial charge in [-0.2, -0.15) is 0 Å². The van der Waals surface area contributed by atoms with E-state index in [0.29, 0.717) is 102 Å². The summed E-state index contributed by atoms with van der Waals surface area (Å²) in [4.78, 5) is 67.2. The number of nitrogens with zero attached hydrogens (tertiary/aromatic N) is 18. The average molecular weight is 1660 g/mol. The molecular weight excluding hydrogens is 1570 g/mol. The van der Waals surface area contributed by atoms with E-state index in [1.165, 1.54) is 64.3 Å². The molecule has 3 aromatic carbocycles. The molecule has 0 bridgehead atoms. The molecule has 4 fully saturated rings. The Morgan fingerprint density at radius 1 is 0.504 bits per heavy atom. The first-order valence-electron chi connectivity index (χ1n) is 36.1. The van der Waals surface area contributed by atoms with Crippen LogP contribution in [0.15, 0.2) is 129 Å². The van der Waals surface area contributed by atoms with Crippen LogP contribution >= 0.6 is 15.6 Å². The molecule has 3 N–H and O–H groups in total. The summed E-state index contributed by atoms with van der Waals surface area (Å²) in [5.41, 5.74) is 6.50. The van der Waals surface area contributed by atoms with Crippen molar-refractivity contribution in [2.75, 3.05) is 60.3 Å². The maximum atomic E-state index is 18.1. The van der Waals surface area contributed by atoms with E-state index >= 15 is 17.6 Å². The molecular formula is C74H86B2F4N18O17P2. The number of aliphatic carboxylic acids is 1. The van der Waals surface area contributed by atoms with Gasteiger partial charge in [0.25, 0.3) is 5.97 Å². The summed E-state index contributed by atoms with van der Waals surface area (Å²) in [5, 5.41) is 28.3. The van der Waals surface area contributed by atoms with Crippen molar-refractivity contribution in [1.82, 2.24) is 78.1 Å². The van der Waals surface area contributed by atoms with Gasteiger partial charge in [-0.1, -0.05) is 61.5 Å². The molecule has 4 saturated heterocycles. The quantitative estimate of drug-likeness (QED) is 0.0102. The molecule has 43 heteroatoms. The van der Waals surface area contributed by atoms with Gasteiger partial charge in [-0.15, -0.1) is 0 Å². The van der Waals surface area contributed by atoms with Crippen molar-refractivity contribution < 1.29 is 98.0 Å². The number of hydrogen-bond acceptors (Lipinski definition) is 28. The van der Waals surface area contributed by atoms with E-state index in [1.807, 2.05) is 85.8 Å². The third-order valence-electron chi connectivity index (χ3n) is 19.3. The smallest absolute Gasteiger partial charge is 0.300 e. The highest BCUT2D eigenvalue weighted by molar-refractivity contribution is 7.86. The lowest BCUT2D eigenvalue weighted by atomic mass is 9.79. The first kappa shape index (κ1) is 85.0. The number of carboxylic acid groups (broad SMARTS) is 1. The van der Waals surface area contributed by atoms with Gasteiger partial charge in [0, 0.05) is 6.92 Å². The van der Waals surface area contributed by atoms with E-state index in [4.69, 9.17) is 83.3 Å². The number of rotatable bonds is 29. The van der Waals surface area contributed by atoms with Gasteiger partial charge >= 0.3 is 0 Å². The molecule has 618 valence electrons. The largest absolute Gasteiger partial charge is 0.497 e. The lowest BCUT2D eigenvalue weighted by molar-refractivity contribution is -0.134. The molecule has 11 aromatic rings. The fourth-order valence-electron chi connectivity index (χ4n) is 13.7. The third kappa shape index (κ3) is 17.7. The Bertz CT molecular complexity index is 5280. The summed E-state index contributed by atoms with van der Waals surface area (Å²) >= 11 is 0. The van der Waals surface area contributed by atoms with Crippen molar-refractivity contribution >= 4 is 81.4 Å². The van der Waals surface area contributed by atoms with Crippen LogP contribution in [0.3, 0.4) is 0 Å². The highest BCUT2D eigenvalue weighted by atomic mass is 31.2. The van der Waals surface area contributed by atoms with E-state index in [1.54, 1.807) is 46.5 Å². The van der Waals surface area contributed by atoms with Crippen molar-refractivity contribution in [3.63, 3.8) is 0 Å². The fraction of sp³-hybridized carbons (Fsp3) is 0.446. The number of ether oxygens (including phenoxy) is 7. The van der Waals surface area contributed by atoms with Gasteiger partial charge in [0.15, 0.2) is 97.6 Å². The standard InChI is InChI=1S/C47H51BF2N9O8P.C25H31BF2N9O7P.C2H4O2/c1-7-35-42(38(50)46(64-35)59-27-57-40-29(3)53-25-55-44(40)59)67-68(48,62-22-21-51-4)63-23-36-41(37(49)45(65-36)58-26-56-39-28(2)52-24-54-43(39)58)66-47(30-11-9-8-10-12-30,31-13-17-33(60-5)18-14-31)32-15-19-34(61-6)20-16-32;1-12-18-22(32-8-30-12)36(10-34-18)24-16(27)20(39)15(43-24)7-41-45(26,40-5-4-29-3)44-21-14(6-38)42-25(17(21)28)37-11-35-19-13(2)31-9-33-23(19)37;1-2(3)4/h8-20,24-27,35-38,41-42,45-46H,7,21-23H2,1-3,5-6,48H3;8-11,14-17,20-21,24-25,38-39H,4-7H2,1-2,26H3;1H3,(H,3,4)/t35-,36-,37+,38+,41?,42?,45-,46-,68?;14-,15-,16+,17+,20?,21?,24-,25-,45?;/m11./s1. The summed E-state index contributed by atoms with van der Waals surface area (Å²) in [6, 6.07) is 24.4.